The second-order valence-electron chi connectivity index (χ2n) is 7.58. The van der Waals surface area contributed by atoms with Gasteiger partial charge in [0.05, 0.1) is 6.61 Å². The van der Waals surface area contributed by atoms with Crippen molar-refractivity contribution in [2.45, 2.75) is 31.0 Å². The number of carbonyl (C=O) groups excluding carboxylic acids is 3. The number of phenolic OH excluding ortho intramolecular Hbond substituents is 1. The van der Waals surface area contributed by atoms with E-state index < -0.39 is 55.0 Å². The van der Waals surface area contributed by atoms with E-state index >= 15 is 0 Å². The molecule has 0 heterocycles. The number of nitrogens with two attached hydrogens (primary N) is 1. The molecule has 0 saturated carbocycles. The fourth-order valence-electron chi connectivity index (χ4n) is 3.06. The summed E-state index contributed by atoms with van der Waals surface area (Å²) in [5.74, 6) is -3.41. The third-order valence-electron chi connectivity index (χ3n) is 4.87. The molecular weight excluding hydrogens is 444 g/mol. The van der Waals surface area contributed by atoms with Gasteiger partial charge in [-0.05, 0) is 23.3 Å². The Balaban J connectivity index is 2.23. The first kappa shape index (κ1) is 26.3. The van der Waals surface area contributed by atoms with Crippen molar-refractivity contribution in [3.05, 3.63) is 65.7 Å². The largest absolute Gasteiger partial charge is 0.508 e. The van der Waals surface area contributed by atoms with E-state index in [-0.39, 0.29) is 18.6 Å². The standard InChI is InChI=1S/C23H28N4O7/c24-17(13-28)21(32)26-19(10-14-4-2-1-3-5-14)23(34)27-18(22(33)25-12-20(30)31)11-15-6-8-16(29)9-7-15/h1-9,17-19,28-29H,10-13,24H2,(H,25,33)(H,26,32)(H,27,34)(H,30,31). The van der Waals surface area contributed by atoms with Crippen molar-refractivity contribution in [1.82, 2.24) is 16.0 Å². The predicted molar refractivity (Wildman–Crippen MR) is 122 cm³/mol. The number of carbonyl (C=O) groups is 4. The maximum atomic E-state index is 13.1. The third-order valence-corrected chi connectivity index (χ3v) is 4.87. The van der Waals surface area contributed by atoms with E-state index in [0.717, 1.165) is 5.56 Å². The zero-order chi connectivity index (χ0) is 25.1. The van der Waals surface area contributed by atoms with Gasteiger partial charge in [0.25, 0.3) is 0 Å². The minimum atomic E-state index is -1.25. The Labute approximate surface area is 196 Å². The smallest absolute Gasteiger partial charge is 0.322 e. The first-order valence-electron chi connectivity index (χ1n) is 10.5. The van der Waals surface area contributed by atoms with Crippen LogP contribution in [0.1, 0.15) is 11.1 Å². The molecule has 3 amide bonds. The lowest BCUT2D eigenvalue weighted by atomic mass is 10.0. The maximum Gasteiger partial charge on any atom is 0.322 e. The molecule has 3 unspecified atom stereocenters. The minimum Gasteiger partial charge on any atom is -0.508 e. The summed E-state index contributed by atoms with van der Waals surface area (Å²) >= 11 is 0. The summed E-state index contributed by atoms with van der Waals surface area (Å²) in [5.41, 5.74) is 6.88. The number of phenols is 1. The summed E-state index contributed by atoms with van der Waals surface area (Å²) in [4.78, 5) is 48.9. The highest BCUT2D eigenvalue weighted by atomic mass is 16.4. The van der Waals surface area contributed by atoms with Gasteiger partial charge in [-0.3, -0.25) is 19.2 Å². The van der Waals surface area contributed by atoms with Gasteiger partial charge in [0.2, 0.25) is 17.7 Å². The Hall–Kier alpha value is -3.96. The zero-order valence-corrected chi connectivity index (χ0v) is 18.3. The molecule has 8 N–H and O–H groups in total. The summed E-state index contributed by atoms with van der Waals surface area (Å²) in [7, 11) is 0. The van der Waals surface area contributed by atoms with Gasteiger partial charge in [0, 0.05) is 12.8 Å². The van der Waals surface area contributed by atoms with Crippen LogP contribution in [0, 0.1) is 0 Å². The molecule has 0 aliphatic heterocycles. The van der Waals surface area contributed by atoms with Gasteiger partial charge in [-0.25, -0.2) is 0 Å². The fourth-order valence-corrected chi connectivity index (χ4v) is 3.06. The molecule has 2 aromatic carbocycles. The van der Waals surface area contributed by atoms with Gasteiger partial charge >= 0.3 is 5.97 Å². The van der Waals surface area contributed by atoms with E-state index in [1.165, 1.54) is 12.1 Å². The molecule has 0 aliphatic carbocycles. The molecule has 0 radical (unpaired) electrons. The van der Waals surface area contributed by atoms with Crippen LogP contribution in [0.3, 0.4) is 0 Å². The highest BCUT2D eigenvalue weighted by Crippen LogP contribution is 2.12. The monoisotopic (exact) mass is 472 g/mol. The topological polar surface area (TPSA) is 191 Å². The van der Waals surface area contributed by atoms with Crippen molar-refractivity contribution < 1.29 is 34.5 Å². The van der Waals surface area contributed by atoms with Gasteiger partial charge in [-0.1, -0.05) is 42.5 Å². The van der Waals surface area contributed by atoms with Crippen LogP contribution in [0.2, 0.25) is 0 Å². The molecule has 0 spiro atoms. The van der Waals surface area contributed by atoms with Crippen molar-refractivity contribution in [3.63, 3.8) is 0 Å². The number of rotatable bonds is 12. The third kappa shape index (κ3) is 8.52. The normalized spacial score (nSPS) is 13.2. The number of hydrogen-bond donors (Lipinski definition) is 7. The Kier molecular flexibility index (Phi) is 9.99. The van der Waals surface area contributed by atoms with Crippen LogP contribution < -0.4 is 21.7 Å². The van der Waals surface area contributed by atoms with Crippen LogP contribution in [-0.4, -0.2) is 70.3 Å². The fraction of sp³-hybridized carbons (Fsp3) is 0.304. The summed E-state index contributed by atoms with van der Waals surface area (Å²) in [5, 5.41) is 34.8. The zero-order valence-electron chi connectivity index (χ0n) is 18.3. The van der Waals surface area contributed by atoms with Gasteiger partial charge < -0.3 is 37.0 Å². The van der Waals surface area contributed by atoms with Crippen LogP contribution in [0.15, 0.2) is 54.6 Å². The molecule has 0 saturated heterocycles. The molecule has 0 aromatic heterocycles. The number of amides is 3. The van der Waals surface area contributed by atoms with E-state index in [2.05, 4.69) is 16.0 Å². The van der Waals surface area contributed by atoms with E-state index in [1.807, 2.05) is 0 Å². The Morgan fingerprint density at radius 3 is 1.88 bits per heavy atom. The molecule has 34 heavy (non-hydrogen) atoms. The van der Waals surface area contributed by atoms with Crippen molar-refractivity contribution >= 4 is 23.7 Å². The van der Waals surface area contributed by atoms with Crippen LogP contribution in [0.25, 0.3) is 0 Å². The van der Waals surface area contributed by atoms with E-state index in [4.69, 9.17) is 15.9 Å². The second kappa shape index (κ2) is 12.9. The molecule has 3 atom stereocenters. The Morgan fingerprint density at radius 2 is 1.32 bits per heavy atom. The molecule has 0 fully saturated rings. The van der Waals surface area contributed by atoms with Gasteiger partial charge in [0.15, 0.2) is 0 Å². The highest BCUT2D eigenvalue weighted by molar-refractivity contribution is 5.94. The summed E-state index contributed by atoms with van der Waals surface area (Å²) < 4.78 is 0. The minimum absolute atomic E-state index is 0.000367. The lowest BCUT2D eigenvalue weighted by molar-refractivity contribution is -0.138. The number of hydrogen-bond acceptors (Lipinski definition) is 7. The molecule has 11 nitrogen and oxygen atoms in total. The van der Waals surface area contributed by atoms with Crippen LogP contribution >= 0.6 is 0 Å². The molecule has 2 rings (SSSR count). The van der Waals surface area contributed by atoms with Gasteiger partial charge in [0.1, 0.15) is 30.4 Å². The average Bonchev–Trinajstić information content (AvgIpc) is 2.82. The predicted octanol–water partition coefficient (Wildman–Crippen LogP) is -1.33. The number of benzene rings is 2. The number of aliphatic hydroxyl groups excluding tert-OH is 1. The van der Waals surface area contributed by atoms with Crippen molar-refractivity contribution in [1.29, 1.82) is 0 Å². The van der Waals surface area contributed by atoms with Crippen LogP contribution in [0.5, 0.6) is 5.75 Å². The molecule has 0 aliphatic rings. The first-order valence-corrected chi connectivity index (χ1v) is 10.5. The van der Waals surface area contributed by atoms with Crippen molar-refractivity contribution in [3.8, 4) is 5.75 Å². The average molecular weight is 472 g/mol. The summed E-state index contributed by atoms with van der Waals surface area (Å²) in [6, 6.07) is 11.2. The molecule has 11 heteroatoms. The maximum absolute atomic E-state index is 13.1. The second-order valence-corrected chi connectivity index (χ2v) is 7.58. The SMILES string of the molecule is NC(CO)C(=O)NC(Cc1ccccc1)C(=O)NC(Cc1ccc(O)cc1)C(=O)NCC(=O)O. The lowest BCUT2D eigenvalue weighted by Crippen LogP contribution is -2.57. The van der Waals surface area contributed by atoms with Crippen molar-refractivity contribution in [2.24, 2.45) is 5.73 Å². The molecular formula is C23H28N4O7. The van der Waals surface area contributed by atoms with Crippen molar-refractivity contribution in [2.75, 3.05) is 13.2 Å². The van der Waals surface area contributed by atoms with E-state index in [9.17, 15) is 24.3 Å². The number of aliphatic hydroxyl groups is 1. The molecule has 182 valence electrons. The number of carboxylic acids is 1. The number of aromatic hydroxyl groups is 1. The number of nitrogens with one attached hydrogen (secondary N) is 3. The summed E-state index contributed by atoms with van der Waals surface area (Å²) in [6.45, 7) is -1.26. The Morgan fingerprint density at radius 1 is 0.794 bits per heavy atom. The van der Waals surface area contributed by atoms with E-state index in [0.29, 0.717) is 5.56 Å². The Bertz CT molecular complexity index is 983. The highest BCUT2D eigenvalue weighted by Gasteiger charge is 2.28. The summed E-state index contributed by atoms with van der Waals surface area (Å²) in [6.07, 6.45) is 0.0822. The number of carboxylic acid groups (broad SMARTS) is 1. The van der Waals surface area contributed by atoms with Gasteiger partial charge in [-0.2, -0.15) is 0 Å². The van der Waals surface area contributed by atoms with Crippen LogP contribution in [0.4, 0.5) is 0 Å². The molecule has 2 aromatic rings. The molecule has 0 bridgehead atoms. The quantitative estimate of drug-likeness (QED) is 0.197. The van der Waals surface area contributed by atoms with Crippen LogP contribution in [-0.2, 0) is 32.0 Å². The van der Waals surface area contributed by atoms with E-state index in [1.54, 1.807) is 42.5 Å². The first-order chi connectivity index (χ1) is 16.2. The van der Waals surface area contributed by atoms with Gasteiger partial charge in [-0.15, -0.1) is 0 Å². The lowest BCUT2D eigenvalue weighted by Gasteiger charge is -2.24. The number of aliphatic carboxylic acids is 1.